The van der Waals surface area contributed by atoms with Gasteiger partial charge in [0.15, 0.2) is 0 Å². The third-order valence-electron chi connectivity index (χ3n) is 5.25. The summed E-state index contributed by atoms with van der Waals surface area (Å²) in [5, 5.41) is 6.95. The minimum atomic E-state index is 0.309. The highest BCUT2D eigenvalue weighted by Gasteiger charge is 2.41. The number of hydrogen-bond acceptors (Lipinski definition) is 2. The van der Waals surface area contributed by atoms with Gasteiger partial charge in [-0.15, -0.1) is 0 Å². The Morgan fingerprint density at radius 2 is 1.94 bits per heavy atom. The average Bonchev–Trinajstić information content (AvgIpc) is 2.80. The first-order valence-corrected chi connectivity index (χ1v) is 7.80. The van der Waals surface area contributed by atoms with Crippen molar-refractivity contribution in [3.05, 3.63) is 0 Å². The third kappa shape index (κ3) is 2.71. The highest BCUT2D eigenvalue weighted by molar-refractivity contribution is 5.76. The fourth-order valence-electron chi connectivity index (χ4n) is 4.03. The van der Waals surface area contributed by atoms with Crippen LogP contribution in [0, 0.1) is 5.92 Å². The fourth-order valence-corrected chi connectivity index (χ4v) is 4.03. The molecule has 0 aromatic carbocycles. The summed E-state index contributed by atoms with van der Waals surface area (Å²) in [6.45, 7) is 1.08. The molecule has 3 aliphatic rings. The zero-order chi connectivity index (χ0) is 12.4. The normalized spacial score (nSPS) is 31.2. The number of piperidine rings is 1. The van der Waals surface area contributed by atoms with Gasteiger partial charge in [-0.3, -0.25) is 4.79 Å². The van der Waals surface area contributed by atoms with Gasteiger partial charge in [-0.05, 0) is 57.4 Å². The molecule has 3 heteroatoms. The van der Waals surface area contributed by atoms with Crippen molar-refractivity contribution in [3.63, 3.8) is 0 Å². The van der Waals surface area contributed by atoms with Crippen LogP contribution in [0.15, 0.2) is 0 Å². The van der Waals surface area contributed by atoms with E-state index in [0.29, 0.717) is 23.4 Å². The van der Waals surface area contributed by atoms with Crippen molar-refractivity contribution in [2.45, 2.75) is 75.8 Å². The van der Waals surface area contributed by atoms with Gasteiger partial charge in [-0.1, -0.05) is 12.8 Å². The van der Waals surface area contributed by atoms with Crippen LogP contribution in [-0.2, 0) is 4.79 Å². The van der Waals surface area contributed by atoms with Crippen LogP contribution < -0.4 is 10.6 Å². The van der Waals surface area contributed by atoms with Gasteiger partial charge in [-0.2, -0.15) is 0 Å². The average molecular weight is 250 g/mol. The van der Waals surface area contributed by atoms with Crippen molar-refractivity contribution in [3.8, 4) is 0 Å². The second-order valence-corrected chi connectivity index (χ2v) is 6.67. The van der Waals surface area contributed by atoms with Crippen LogP contribution in [0.1, 0.15) is 64.2 Å². The molecule has 0 aromatic rings. The lowest BCUT2D eigenvalue weighted by molar-refractivity contribution is -0.123. The van der Waals surface area contributed by atoms with Crippen molar-refractivity contribution in [2.24, 2.45) is 5.92 Å². The van der Waals surface area contributed by atoms with Crippen LogP contribution in [0.4, 0.5) is 0 Å². The van der Waals surface area contributed by atoms with E-state index in [4.69, 9.17) is 0 Å². The summed E-state index contributed by atoms with van der Waals surface area (Å²) in [4.78, 5) is 12.1. The molecule has 3 rings (SSSR count). The summed E-state index contributed by atoms with van der Waals surface area (Å²) in [6, 6.07) is 0.431. The smallest absolute Gasteiger partial charge is 0.220 e. The quantitative estimate of drug-likeness (QED) is 0.807. The van der Waals surface area contributed by atoms with E-state index in [1.165, 1.54) is 44.9 Å². The van der Waals surface area contributed by atoms with E-state index in [-0.39, 0.29) is 0 Å². The van der Waals surface area contributed by atoms with Crippen LogP contribution in [0.3, 0.4) is 0 Å². The van der Waals surface area contributed by atoms with Crippen molar-refractivity contribution in [2.75, 3.05) is 6.54 Å². The largest absolute Gasteiger partial charge is 0.353 e. The third-order valence-corrected chi connectivity index (χ3v) is 5.25. The SMILES string of the molecule is O=C(CC1CCCC1)NC1CCNC2(CCC2)C1. The standard InChI is InChI=1S/C15H26N2O/c18-14(10-12-4-1-2-5-12)17-13-6-9-16-15(11-13)7-3-8-15/h12-13,16H,1-11H2,(H,17,18). The molecule has 3 nitrogen and oxygen atoms in total. The molecule has 1 saturated heterocycles. The molecule has 0 bridgehead atoms. The van der Waals surface area contributed by atoms with Crippen molar-refractivity contribution in [1.29, 1.82) is 0 Å². The van der Waals surface area contributed by atoms with Crippen LogP contribution in [0.5, 0.6) is 0 Å². The van der Waals surface area contributed by atoms with Gasteiger partial charge < -0.3 is 10.6 Å². The molecule has 102 valence electrons. The molecule has 0 aromatic heterocycles. The monoisotopic (exact) mass is 250 g/mol. The molecular weight excluding hydrogens is 224 g/mol. The number of hydrogen-bond donors (Lipinski definition) is 2. The lowest BCUT2D eigenvalue weighted by atomic mass is 9.70. The maximum Gasteiger partial charge on any atom is 0.220 e. The molecule has 1 amide bonds. The van der Waals surface area contributed by atoms with Crippen LogP contribution >= 0.6 is 0 Å². The number of carbonyl (C=O) groups excluding carboxylic acids is 1. The van der Waals surface area contributed by atoms with E-state index in [1.807, 2.05) is 0 Å². The van der Waals surface area contributed by atoms with Crippen LogP contribution in [-0.4, -0.2) is 24.0 Å². The van der Waals surface area contributed by atoms with Crippen LogP contribution in [0.25, 0.3) is 0 Å². The Labute approximate surface area is 110 Å². The number of nitrogens with one attached hydrogen (secondary N) is 2. The van der Waals surface area contributed by atoms with E-state index < -0.39 is 0 Å². The minimum absolute atomic E-state index is 0.309. The lowest BCUT2D eigenvalue weighted by Gasteiger charge is -2.48. The summed E-state index contributed by atoms with van der Waals surface area (Å²) >= 11 is 0. The summed E-state index contributed by atoms with van der Waals surface area (Å²) in [6.07, 6.45) is 12.2. The van der Waals surface area contributed by atoms with Gasteiger partial charge in [0.2, 0.25) is 5.91 Å². The molecule has 1 atom stereocenters. The van der Waals surface area contributed by atoms with Crippen molar-refractivity contribution < 1.29 is 4.79 Å². The van der Waals surface area contributed by atoms with Gasteiger partial charge in [0, 0.05) is 18.0 Å². The molecule has 3 fully saturated rings. The highest BCUT2D eigenvalue weighted by Crippen LogP contribution is 2.38. The number of carbonyl (C=O) groups is 1. The molecule has 2 aliphatic carbocycles. The topological polar surface area (TPSA) is 41.1 Å². The Kier molecular flexibility index (Phi) is 3.60. The molecule has 1 heterocycles. The number of amides is 1. The Balaban J connectivity index is 1.45. The van der Waals surface area contributed by atoms with Gasteiger partial charge in [0.25, 0.3) is 0 Å². The summed E-state index contributed by atoms with van der Waals surface area (Å²) < 4.78 is 0. The highest BCUT2D eigenvalue weighted by atomic mass is 16.1. The zero-order valence-corrected chi connectivity index (χ0v) is 11.3. The molecule has 1 spiro atoms. The molecule has 18 heavy (non-hydrogen) atoms. The maximum absolute atomic E-state index is 12.1. The molecule has 2 N–H and O–H groups in total. The van der Waals surface area contributed by atoms with Gasteiger partial charge in [-0.25, -0.2) is 0 Å². The summed E-state index contributed by atoms with van der Waals surface area (Å²) in [5.74, 6) is 0.979. The van der Waals surface area contributed by atoms with E-state index in [0.717, 1.165) is 25.8 Å². The van der Waals surface area contributed by atoms with Gasteiger partial charge in [0.1, 0.15) is 0 Å². The van der Waals surface area contributed by atoms with E-state index >= 15 is 0 Å². The predicted octanol–water partition coefficient (Wildman–Crippen LogP) is 2.36. The van der Waals surface area contributed by atoms with Crippen molar-refractivity contribution >= 4 is 5.91 Å². The molecule has 0 radical (unpaired) electrons. The summed E-state index contributed by atoms with van der Waals surface area (Å²) in [7, 11) is 0. The summed E-state index contributed by atoms with van der Waals surface area (Å²) in [5.41, 5.74) is 0.392. The van der Waals surface area contributed by atoms with E-state index in [9.17, 15) is 4.79 Å². The predicted molar refractivity (Wildman–Crippen MR) is 72.3 cm³/mol. The van der Waals surface area contributed by atoms with Crippen molar-refractivity contribution in [1.82, 2.24) is 10.6 Å². The number of rotatable bonds is 3. The maximum atomic E-state index is 12.1. The first kappa shape index (κ1) is 12.5. The first-order valence-electron chi connectivity index (χ1n) is 7.80. The lowest BCUT2D eigenvalue weighted by Crippen LogP contribution is -2.59. The van der Waals surface area contributed by atoms with Gasteiger partial charge in [0.05, 0.1) is 0 Å². The first-order chi connectivity index (χ1) is 8.76. The second kappa shape index (κ2) is 5.20. The van der Waals surface area contributed by atoms with E-state index in [1.54, 1.807) is 0 Å². The fraction of sp³-hybridized carbons (Fsp3) is 0.933. The Hall–Kier alpha value is -0.570. The molecule has 1 aliphatic heterocycles. The Bertz CT molecular complexity index is 306. The molecular formula is C15H26N2O. The minimum Gasteiger partial charge on any atom is -0.353 e. The Morgan fingerprint density at radius 3 is 2.61 bits per heavy atom. The molecule has 2 saturated carbocycles. The van der Waals surface area contributed by atoms with Gasteiger partial charge >= 0.3 is 0 Å². The van der Waals surface area contributed by atoms with E-state index in [2.05, 4.69) is 10.6 Å². The van der Waals surface area contributed by atoms with Crippen LogP contribution in [0.2, 0.25) is 0 Å². The molecule has 1 unspecified atom stereocenters. The second-order valence-electron chi connectivity index (χ2n) is 6.67. The Morgan fingerprint density at radius 1 is 1.17 bits per heavy atom. The zero-order valence-electron chi connectivity index (χ0n) is 11.3.